The van der Waals surface area contributed by atoms with Crippen LogP contribution in [0.25, 0.3) is 10.9 Å². The highest BCUT2D eigenvalue weighted by atomic mass is 16.5. The zero-order valence-corrected chi connectivity index (χ0v) is 10.9. The van der Waals surface area contributed by atoms with Gasteiger partial charge < -0.3 is 14.6 Å². The van der Waals surface area contributed by atoms with E-state index in [1.165, 1.54) is 29.3 Å². The van der Waals surface area contributed by atoms with Crippen molar-refractivity contribution in [1.82, 2.24) is 9.88 Å². The van der Waals surface area contributed by atoms with Crippen LogP contribution in [-0.4, -0.2) is 18.2 Å². The standard InChI is InChI=1S/C15H20N2O/c1-16-9-13-4-5-15-14(8-13)6-7-17(15)11-18-10-12-2-3-12/h4-8,12,16H,2-3,9-11H2,1H3. The summed E-state index contributed by atoms with van der Waals surface area (Å²) in [7, 11) is 1.97. The predicted molar refractivity (Wildman–Crippen MR) is 73.4 cm³/mol. The van der Waals surface area contributed by atoms with Crippen molar-refractivity contribution in [1.29, 1.82) is 0 Å². The number of benzene rings is 1. The largest absolute Gasteiger partial charge is 0.360 e. The van der Waals surface area contributed by atoms with Crippen LogP contribution in [0.15, 0.2) is 30.5 Å². The molecule has 1 fully saturated rings. The van der Waals surface area contributed by atoms with Crippen molar-refractivity contribution in [2.45, 2.75) is 26.1 Å². The van der Waals surface area contributed by atoms with E-state index in [0.717, 1.165) is 19.1 Å². The quantitative estimate of drug-likeness (QED) is 0.845. The Morgan fingerprint density at radius 3 is 3.00 bits per heavy atom. The highest BCUT2D eigenvalue weighted by Crippen LogP contribution is 2.29. The second-order valence-electron chi connectivity index (χ2n) is 5.15. The number of hydrogen-bond donors (Lipinski definition) is 1. The molecule has 0 unspecified atom stereocenters. The normalized spacial score (nSPS) is 15.4. The lowest BCUT2D eigenvalue weighted by Gasteiger charge is -2.07. The van der Waals surface area contributed by atoms with Crippen molar-refractivity contribution in [2.75, 3.05) is 13.7 Å². The summed E-state index contributed by atoms with van der Waals surface area (Å²) in [6, 6.07) is 8.76. The fourth-order valence-corrected chi connectivity index (χ4v) is 2.28. The molecule has 3 heteroatoms. The summed E-state index contributed by atoms with van der Waals surface area (Å²) in [6.45, 7) is 2.50. The van der Waals surface area contributed by atoms with Crippen LogP contribution in [0.2, 0.25) is 0 Å². The van der Waals surface area contributed by atoms with Gasteiger partial charge in [0.15, 0.2) is 0 Å². The van der Waals surface area contributed by atoms with Crippen LogP contribution in [-0.2, 0) is 18.0 Å². The molecule has 0 spiro atoms. The van der Waals surface area contributed by atoms with Gasteiger partial charge in [-0.3, -0.25) is 0 Å². The summed E-state index contributed by atoms with van der Waals surface area (Å²) in [6.07, 6.45) is 4.81. The van der Waals surface area contributed by atoms with Gasteiger partial charge in [0.05, 0.1) is 6.61 Å². The molecule has 18 heavy (non-hydrogen) atoms. The average Bonchev–Trinajstić information content (AvgIpc) is 3.11. The van der Waals surface area contributed by atoms with Crippen molar-refractivity contribution in [3.8, 4) is 0 Å². The second kappa shape index (κ2) is 5.12. The third kappa shape index (κ3) is 2.57. The summed E-state index contributed by atoms with van der Waals surface area (Å²) < 4.78 is 7.92. The molecule has 3 nitrogen and oxygen atoms in total. The highest BCUT2D eigenvalue weighted by Gasteiger charge is 2.21. The lowest BCUT2D eigenvalue weighted by atomic mass is 10.1. The minimum Gasteiger partial charge on any atom is -0.360 e. The first-order valence-corrected chi connectivity index (χ1v) is 6.67. The van der Waals surface area contributed by atoms with E-state index in [0.29, 0.717) is 6.73 Å². The fraction of sp³-hybridized carbons (Fsp3) is 0.467. The Morgan fingerprint density at radius 2 is 2.22 bits per heavy atom. The summed E-state index contributed by atoms with van der Waals surface area (Å²) in [4.78, 5) is 0. The third-order valence-electron chi connectivity index (χ3n) is 3.50. The van der Waals surface area contributed by atoms with Crippen molar-refractivity contribution in [3.05, 3.63) is 36.0 Å². The van der Waals surface area contributed by atoms with Gasteiger partial charge in [0.2, 0.25) is 0 Å². The predicted octanol–water partition coefficient (Wildman–Crippen LogP) is 2.74. The van der Waals surface area contributed by atoms with E-state index >= 15 is 0 Å². The summed E-state index contributed by atoms with van der Waals surface area (Å²) in [5.74, 6) is 0.828. The van der Waals surface area contributed by atoms with Crippen LogP contribution in [0.1, 0.15) is 18.4 Å². The molecule has 1 saturated carbocycles. The van der Waals surface area contributed by atoms with Crippen molar-refractivity contribution >= 4 is 10.9 Å². The number of aromatic nitrogens is 1. The molecule has 1 heterocycles. The van der Waals surface area contributed by atoms with Crippen molar-refractivity contribution in [2.24, 2.45) is 5.92 Å². The van der Waals surface area contributed by atoms with Crippen LogP contribution in [0.5, 0.6) is 0 Å². The molecular weight excluding hydrogens is 224 g/mol. The van der Waals surface area contributed by atoms with Crippen LogP contribution in [0.4, 0.5) is 0 Å². The molecule has 1 aliphatic rings. The van der Waals surface area contributed by atoms with Gasteiger partial charge in [-0.05, 0) is 55.0 Å². The van der Waals surface area contributed by atoms with Gasteiger partial charge in [0.25, 0.3) is 0 Å². The molecule has 1 N–H and O–H groups in total. The summed E-state index contributed by atoms with van der Waals surface area (Å²) in [5.41, 5.74) is 2.58. The van der Waals surface area contributed by atoms with Gasteiger partial charge in [0.1, 0.15) is 6.73 Å². The van der Waals surface area contributed by atoms with Gasteiger partial charge in [0, 0.05) is 18.3 Å². The van der Waals surface area contributed by atoms with Gasteiger partial charge in [-0.2, -0.15) is 0 Å². The molecular formula is C15H20N2O. The van der Waals surface area contributed by atoms with E-state index in [9.17, 15) is 0 Å². The van der Waals surface area contributed by atoms with E-state index in [-0.39, 0.29) is 0 Å². The molecule has 0 saturated heterocycles. The lowest BCUT2D eigenvalue weighted by Crippen LogP contribution is -2.05. The maximum absolute atomic E-state index is 5.74. The molecule has 0 bridgehead atoms. The Balaban J connectivity index is 1.71. The van der Waals surface area contributed by atoms with Crippen LogP contribution in [0, 0.1) is 5.92 Å². The molecule has 2 aromatic rings. The molecule has 3 rings (SSSR count). The molecule has 1 aromatic heterocycles. The molecule has 0 radical (unpaired) electrons. The fourth-order valence-electron chi connectivity index (χ4n) is 2.28. The van der Waals surface area contributed by atoms with Crippen LogP contribution >= 0.6 is 0 Å². The number of rotatable bonds is 6. The maximum Gasteiger partial charge on any atom is 0.122 e. The highest BCUT2D eigenvalue weighted by molar-refractivity contribution is 5.80. The Hall–Kier alpha value is -1.32. The molecule has 1 aromatic carbocycles. The molecule has 96 valence electrons. The van der Waals surface area contributed by atoms with Gasteiger partial charge >= 0.3 is 0 Å². The van der Waals surface area contributed by atoms with Gasteiger partial charge in [-0.1, -0.05) is 6.07 Å². The summed E-state index contributed by atoms with van der Waals surface area (Å²) in [5, 5.41) is 4.47. The van der Waals surface area contributed by atoms with Gasteiger partial charge in [-0.15, -0.1) is 0 Å². The number of nitrogens with one attached hydrogen (secondary N) is 1. The lowest BCUT2D eigenvalue weighted by molar-refractivity contribution is 0.0718. The van der Waals surface area contributed by atoms with Gasteiger partial charge in [-0.25, -0.2) is 0 Å². The zero-order chi connectivity index (χ0) is 12.4. The molecule has 0 aliphatic heterocycles. The third-order valence-corrected chi connectivity index (χ3v) is 3.50. The van der Waals surface area contributed by atoms with Crippen molar-refractivity contribution < 1.29 is 4.74 Å². The summed E-state index contributed by atoms with van der Waals surface area (Å²) >= 11 is 0. The van der Waals surface area contributed by atoms with E-state index in [1.54, 1.807) is 0 Å². The first-order valence-electron chi connectivity index (χ1n) is 6.67. The van der Waals surface area contributed by atoms with Crippen LogP contribution in [0.3, 0.4) is 0 Å². The monoisotopic (exact) mass is 244 g/mol. The van der Waals surface area contributed by atoms with E-state index in [2.05, 4.69) is 40.3 Å². The Labute approximate surface area is 108 Å². The maximum atomic E-state index is 5.74. The molecule has 0 amide bonds. The Kier molecular flexibility index (Phi) is 3.35. The first-order chi connectivity index (χ1) is 8.86. The van der Waals surface area contributed by atoms with E-state index < -0.39 is 0 Å². The second-order valence-corrected chi connectivity index (χ2v) is 5.15. The smallest absolute Gasteiger partial charge is 0.122 e. The molecule has 0 atom stereocenters. The topological polar surface area (TPSA) is 26.2 Å². The minimum atomic E-state index is 0.672. The zero-order valence-electron chi connectivity index (χ0n) is 10.9. The van der Waals surface area contributed by atoms with E-state index in [1.807, 2.05) is 7.05 Å². The SMILES string of the molecule is CNCc1ccc2c(ccn2COCC2CC2)c1. The van der Waals surface area contributed by atoms with Crippen LogP contribution < -0.4 is 5.32 Å². The Bertz CT molecular complexity index is 528. The van der Waals surface area contributed by atoms with Crippen molar-refractivity contribution in [3.63, 3.8) is 0 Å². The first kappa shape index (κ1) is 11.8. The number of fused-ring (bicyclic) bond motifs is 1. The molecule has 1 aliphatic carbocycles. The number of hydrogen-bond acceptors (Lipinski definition) is 2. The number of nitrogens with zero attached hydrogens (tertiary/aromatic N) is 1. The average molecular weight is 244 g/mol. The Morgan fingerprint density at radius 1 is 1.33 bits per heavy atom. The number of ether oxygens (including phenoxy) is 1. The van der Waals surface area contributed by atoms with E-state index in [4.69, 9.17) is 4.74 Å². The minimum absolute atomic E-state index is 0.672.